The zero-order valence-electron chi connectivity index (χ0n) is 18.3. The first-order valence-electron chi connectivity index (χ1n) is 10.8. The average Bonchev–Trinajstić information content (AvgIpc) is 3.33. The van der Waals surface area contributed by atoms with E-state index in [0.29, 0.717) is 22.4 Å². The normalized spacial score (nSPS) is 14.7. The number of hydrogen-bond acceptors (Lipinski definition) is 7. The Balaban J connectivity index is 1.34. The van der Waals surface area contributed by atoms with Crippen LogP contribution in [0.25, 0.3) is 0 Å². The van der Waals surface area contributed by atoms with Crippen LogP contribution in [0, 0.1) is 0 Å². The summed E-state index contributed by atoms with van der Waals surface area (Å²) < 4.78 is 33.0. The van der Waals surface area contributed by atoms with Crippen LogP contribution in [-0.4, -0.2) is 31.6 Å². The molecule has 8 nitrogen and oxygen atoms in total. The standard InChI is InChI=1S/C23H26N4O4S2/c1-31-19-11-9-18(10-12-19)25-22(28)23-27-26-21(32-23)15-24-33(29,30)20-13-7-17(8-14-20)16-5-3-2-4-6-16/h7-14,16,24H,2-6,15H2,1H3,(H,25,28). The zero-order valence-corrected chi connectivity index (χ0v) is 19.9. The first-order chi connectivity index (χ1) is 15.9. The largest absolute Gasteiger partial charge is 0.497 e. The summed E-state index contributed by atoms with van der Waals surface area (Å²) in [7, 11) is -2.13. The minimum absolute atomic E-state index is 0.0415. The molecule has 0 saturated heterocycles. The molecule has 0 radical (unpaired) electrons. The van der Waals surface area contributed by atoms with Gasteiger partial charge < -0.3 is 10.1 Å². The Hall–Kier alpha value is -2.82. The molecule has 0 spiro atoms. The summed E-state index contributed by atoms with van der Waals surface area (Å²) in [4.78, 5) is 12.6. The highest BCUT2D eigenvalue weighted by Gasteiger charge is 2.19. The van der Waals surface area contributed by atoms with E-state index in [0.717, 1.165) is 24.2 Å². The molecule has 2 aromatic carbocycles. The second kappa shape index (κ2) is 10.4. The Morgan fingerprint density at radius 3 is 2.39 bits per heavy atom. The van der Waals surface area contributed by atoms with E-state index in [9.17, 15) is 13.2 Å². The number of amides is 1. The maximum atomic E-state index is 12.7. The number of aromatic nitrogens is 2. The molecule has 1 saturated carbocycles. The van der Waals surface area contributed by atoms with Gasteiger partial charge in [0.25, 0.3) is 5.91 Å². The van der Waals surface area contributed by atoms with Crippen molar-refractivity contribution in [3.63, 3.8) is 0 Å². The molecule has 3 aromatic rings. The van der Waals surface area contributed by atoms with E-state index < -0.39 is 15.9 Å². The predicted octanol–water partition coefficient (Wildman–Crippen LogP) is 4.33. The van der Waals surface area contributed by atoms with Crippen molar-refractivity contribution < 1.29 is 17.9 Å². The third-order valence-electron chi connectivity index (χ3n) is 5.69. The van der Waals surface area contributed by atoms with Crippen LogP contribution in [0.4, 0.5) is 5.69 Å². The first-order valence-corrected chi connectivity index (χ1v) is 13.1. The number of anilines is 1. The highest BCUT2D eigenvalue weighted by molar-refractivity contribution is 7.89. The van der Waals surface area contributed by atoms with Gasteiger partial charge in [-0.15, -0.1) is 10.2 Å². The zero-order chi connectivity index (χ0) is 23.3. The van der Waals surface area contributed by atoms with Gasteiger partial charge in [0.1, 0.15) is 10.8 Å². The Labute approximate surface area is 197 Å². The summed E-state index contributed by atoms with van der Waals surface area (Å²) in [6.45, 7) is -0.0415. The van der Waals surface area contributed by atoms with Gasteiger partial charge in [0, 0.05) is 5.69 Å². The molecule has 10 heteroatoms. The summed E-state index contributed by atoms with van der Waals surface area (Å²) in [6.07, 6.45) is 6.07. The van der Waals surface area contributed by atoms with Crippen LogP contribution in [0.3, 0.4) is 0 Å². The van der Waals surface area contributed by atoms with Crippen molar-refractivity contribution in [2.24, 2.45) is 0 Å². The van der Waals surface area contributed by atoms with Gasteiger partial charge in [-0.2, -0.15) is 0 Å². The molecule has 1 aliphatic carbocycles. The molecule has 174 valence electrons. The number of methoxy groups -OCH3 is 1. The van der Waals surface area contributed by atoms with Gasteiger partial charge in [-0.25, -0.2) is 13.1 Å². The predicted molar refractivity (Wildman–Crippen MR) is 127 cm³/mol. The lowest BCUT2D eigenvalue weighted by Crippen LogP contribution is -2.23. The van der Waals surface area contributed by atoms with Crippen LogP contribution in [0.2, 0.25) is 0 Å². The van der Waals surface area contributed by atoms with Gasteiger partial charge in [0.15, 0.2) is 0 Å². The second-order valence-electron chi connectivity index (χ2n) is 7.91. The molecule has 0 unspecified atom stereocenters. The number of ether oxygens (including phenoxy) is 1. The molecular weight excluding hydrogens is 460 g/mol. The molecule has 4 rings (SSSR count). The van der Waals surface area contributed by atoms with E-state index in [1.54, 1.807) is 43.5 Å². The smallest absolute Gasteiger partial charge is 0.286 e. The van der Waals surface area contributed by atoms with Crippen molar-refractivity contribution in [2.75, 3.05) is 12.4 Å². The van der Waals surface area contributed by atoms with Crippen molar-refractivity contribution in [3.8, 4) is 5.75 Å². The summed E-state index contributed by atoms with van der Waals surface area (Å²) in [5, 5.41) is 11.1. The third-order valence-corrected chi connectivity index (χ3v) is 8.03. The lowest BCUT2D eigenvalue weighted by atomic mass is 9.84. The van der Waals surface area contributed by atoms with Crippen molar-refractivity contribution >= 4 is 33.0 Å². The quantitative estimate of drug-likeness (QED) is 0.491. The number of nitrogens with zero attached hydrogens (tertiary/aromatic N) is 2. The monoisotopic (exact) mass is 486 g/mol. The third kappa shape index (κ3) is 5.95. The van der Waals surface area contributed by atoms with Crippen LogP contribution in [0.15, 0.2) is 53.4 Å². The van der Waals surface area contributed by atoms with Gasteiger partial charge in [0.2, 0.25) is 15.0 Å². The summed E-state index contributed by atoms with van der Waals surface area (Å²) >= 11 is 1.04. The lowest BCUT2D eigenvalue weighted by Gasteiger charge is -2.22. The number of carbonyl (C=O) groups is 1. The average molecular weight is 487 g/mol. The Morgan fingerprint density at radius 1 is 1.03 bits per heavy atom. The van der Waals surface area contributed by atoms with Crippen LogP contribution in [-0.2, 0) is 16.6 Å². The van der Waals surface area contributed by atoms with Crippen molar-refractivity contribution in [1.29, 1.82) is 0 Å². The maximum absolute atomic E-state index is 12.7. The summed E-state index contributed by atoms with van der Waals surface area (Å²) in [6, 6.07) is 14.0. The molecule has 1 amide bonds. The minimum atomic E-state index is -3.70. The van der Waals surface area contributed by atoms with Gasteiger partial charge in [-0.05, 0) is 60.7 Å². The molecule has 1 fully saturated rings. The molecule has 0 atom stereocenters. The number of sulfonamides is 1. The molecule has 0 aliphatic heterocycles. The molecule has 33 heavy (non-hydrogen) atoms. The van der Waals surface area contributed by atoms with Gasteiger partial charge in [-0.3, -0.25) is 4.79 Å². The molecule has 1 heterocycles. The van der Waals surface area contributed by atoms with E-state index in [2.05, 4.69) is 20.2 Å². The summed E-state index contributed by atoms with van der Waals surface area (Å²) in [5.41, 5.74) is 1.79. The topological polar surface area (TPSA) is 110 Å². The maximum Gasteiger partial charge on any atom is 0.286 e. The van der Waals surface area contributed by atoms with E-state index in [1.807, 2.05) is 12.1 Å². The van der Waals surface area contributed by atoms with E-state index in [4.69, 9.17) is 4.74 Å². The number of nitrogens with one attached hydrogen (secondary N) is 2. The van der Waals surface area contributed by atoms with Crippen LogP contribution in [0.1, 0.15) is 58.4 Å². The van der Waals surface area contributed by atoms with Crippen LogP contribution < -0.4 is 14.8 Å². The molecule has 1 aromatic heterocycles. The number of rotatable bonds is 8. The lowest BCUT2D eigenvalue weighted by molar-refractivity contribution is 0.102. The Morgan fingerprint density at radius 2 is 1.73 bits per heavy atom. The highest BCUT2D eigenvalue weighted by atomic mass is 32.2. The van der Waals surface area contributed by atoms with Gasteiger partial charge in [-0.1, -0.05) is 42.7 Å². The van der Waals surface area contributed by atoms with E-state index in [-0.39, 0.29) is 16.4 Å². The fourth-order valence-corrected chi connectivity index (χ4v) is 5.62. The van der Waals surface area contributed by atoms with Gasteiger partial charge in [0.05, 0.1) is 18.6 Å². The number of carbonyl (C=O) groups excluding carboxylic acids is 1. The number of benzene rings is 2. The van der Waals surface area contributed by atoms with Crippen molar-refractivity contribution in [1.82, 2.24) is 14.9 Å². The molecule has 1 aliphatic rings. The molecular formula is C23H26N4O4S2. The van der Waals surface area contributed by atoms with Gasteiger partial charge >= 0.3 is 0 Å². The minimum Gasteiger partial charge on any atom is -0.497 e. The SMILES string of the molecule is COc1ccc(NC(=O)c2nnc(CNS(=O)(=O)c3ccc(C4CCCCC4)cc3)s2)cc1. The van der Waals surface area contributed by atoms with E-state index in [1.165, 1.54) is 24.8 Å². The number of hydrogen-bond donors (Lipinski definition) is 2. The Bertz CT molecular complexity index is 1190. The van der Waals surface area contributed by atoms with Crippen LogP contribution in [0.5, 0.6) is 5.75 Å². The van der Waals surface area contributed by atoms with E-state index >= 15 is 0 Å². The highest BCUT2D eigenvalue weighted by Crippen LogP contribution is 2.32. The fourth-order valence-electron chi connectivity index (χ4n) is 3.87. The Kier molecular flexibility index (Phi) is 7.36. The fraction of sp³-hybridized carbons (Fsp3) is 0.348. The van der Waals surface area contributed by atoms with Crippen molar-refractivity contribution in [2.45, 2.75) is 49.5 Å². The van der Waals surface area contributed by atoms with Crippen molar-refractivity contribution in [3.05, 3.63) is 64.1 Å². The summed E-state index contributed by atoms with van der Waals surface area (Å²) in [5.74, 6) is 0.791. The molecule has 0 bridgehead atoms. The first kappa shape index (κ1) is 23.3. The van der Waals surface area contributed by atoms with Crippen LogP contribution >= 0.6 is 11.3 Å². The molecule has 2 N–H and O–H groups in total. The second-order valence-corrected chi connectivity index (χ2v) is 10.7.